The third kappa shape index (κ3) is 2.40. The Balaban J connectivity index is 2.35. The lowest BCUT2D eigenvalue weighted by Crippen LogP contribution is -1.94. The minimum Gasteiger partial charge on any atom is -0.330 e. The largest absolute Gasteiger partial charge is 0.330 e. The van der Waals surface area contributed by atoms with Crippen LogP contribution in [0.1, 0.15) is 0 Å². The molecular formula is C13H6BrCl3N2S. The van der Waals surface area contributed by atoms with Gasteiger partial charge in [0.15, 0.2) is 4.77 Å². The van der Waals surface area contributed by atoms with Crippen molar-refractivity contribution in [3.8, 4) is 5.69 Å². The van der Waals surface area contributed by atoms with E-state index in [1.54, 1.807) is 18.2 Å². The van der Waals surface area contributed by atoms with E-state index in [0.717, 1.165) is 21.2 Å². The van der Waals surface area contributed by atoms with Crippen LogP contribution in [0.2, 0.25) is 15.1 Å². The summed E-state index contributed by atoms with van der Waals surface area (Å²) in [5, 5.41) is 1.61. The molecule has 7 heteroatoms. The van der Waals surface area contributed by atoms with Crippen molar-refractivity contribution in [3.63, 3.8) is 0 Å². The molecule has 3 aromatic rings. The van der Waals surface area contributed by atoms with Gasteiger partial charge in [0.1, 0.15) is 0 Å². The van der Waals surface area contributed by atoms with Gasteiger partial charge in [-0.1, -0.05) is 34.8 Å². The molecule has 0 bridgehead atoms. The number of nitrogens with zero attached hydrogens (tertiary/aromatic N) is 1. The average molecular weight is 409 g/mol. The number of imidazole rings is 1. The van der Waals surface area contributed by atoms with Crippen molar-refractivity contribution >= 4 is 74.0 Å². The smallest absolute Gasteiger partial charge is 0.182 e. The first kappa shape index (κ1) is 14.4. The molecule has 0 saturated heterocycles. The van der Waals surface area contributed by atoms with E-state index < -0.39 is 0 Å². The van der Waals surface area contributed by atoms with Crippen LogP contribution in [0, 0.1) is 4.77 Å². The summed E-state index contributed by atoms with van der Waals surface area (Å²) < 4.78 is 3.24. The predicted octanol–water partition coefficient (Wildman–Crippen LogP) is 6.41. The number of hydrogen-bond acceptors (Lipinski definition) is 1. The van der Waals surface area contributed by atoms with Gasteiger partial charge in [-0.25, -0.2) is 0 Å². The topological polar surface area (TPSA) is 20.7 Å². The lowest BCUT2D eigenvalue weighted by molar-refractivity contribution is 1.06. The van der Waals surface area contributed by atoms with Crippen molar-refractivity contribution in [2.75, 3.05) is 0 Å². The summed E-state index contributed by atoms with van der Waals surface area (Å²) in [6.07, 6.45) is 0. The summed E-state index contributed by atoms with van der Waals surface area (Å²) in [5.41, 5.74) is 2.57. The van der Waals surface area contributed by atoms with Crippen LogP contribution in [-0.4, -0.2) is 9.55 Å². The maximum Gasteiger partial charge on any atom is 0.182 e. The third-order valence-corrected chi connectivity index (χ3v) is 5.11. The monoisotopic (exact) mass is 406 g/mol. The molecule has 0 fully saturated rings. The zero-order valence-electron chi connectivity index (χ0n) is 9.75. The van der Waals surface area contributed by atoms with Crippen molar-refractivity contribution in [2.45, 2.75) is 0 Å². The van der Waals surface area contributed by atoms with Gasteiger partial charge in [-0.3, -0.25) is 4.57 Å². The molecule has 3 rings (SSSR count). The first-order valence-corrected chi connectivity index (χ1v) is 7.86. The number of rotatable bonds is 1. The molecule has 2 aromatic carbocycles. The summed E-state index contributed by atoms with van der Waals surface area (Å²) in [7, 11) is 0. The Morgan fingerprint density at radius 3 is 2.40 bits per heavy atom. The van der Waals surface area contributed by atoms with Crippen LogP contribution in [-0.2, 0) is 0 Å². The fourth-order valence-electron chi connectivity index (χ4n) is 1.98. The van der Waals surface area contributed by atoms with Crippen LogP contribution in [0.25, 0.3) is 16.7 Å². The second-order valence-corrected chi connectivity index (χ2v) is 6.61. The van der Waals surface area contributed by atoms with Gasteiger partial charge in [-0.15, -0.1) is 0 Å². The van der Waals surface area contributed by atoms with Gasteiger partial charge in [0.25, 0.3) is 0 Å². The molecule has 0 radical (unpaired) electrons. The first-order valence-electron chi connectivity index (χ1n) is 5.52. The lowest BCUT2D eigenvalue weighted by atomic mass is 10.3. The van der Waals surface area contributed by atoms with Crippen molar-refractivity contribution in [1.29, 1.82) is 0 Å². The molecule has 1 N–H and O–H groups in total. The van der Waals surface area contributed by atoms with E-state index >= 15 is 0 Å². The number of aromatic amines is 1. The summed E-state index contributed by atoms with van der Waals surface area (Å²) >= 11 is 26.9. The summed E-state index contributed by atoms with van der Waals surface area (Å²) in [5.74, 6) is 0. The van der Waals surface area contributed by atoms with Crippen LogP contribution in [0.5, 0.6) is 0 Å². The fourth-order valence-corrected chi connectivity index (χ4v) is 3.10. The van der Waals surface area contributed by atoms with E-state index in [0.29, 0.717) is 19.8 Å². The van der Waals surface area contributed by atoms with E-state index in [2.05, 4.69) is 20.9 Å². The molecule has 1 heterocycles. The van der Waals surface area contributed by atoms with E-state index in [1.165, 1.54) is 0 Å². The summed E-state index contributed by atoms with van der Waals surface area (Å²) in [6, 6.07) is 9.14. The molecule has 0 aliphatic heterocycles. The van der Waals surface area contributed by atoms with Crippen molar-refractivity contribution in [2.24, 2.45) is 0 Å². The van der Waals surface area contributed by atoms with Crippen molar-refractivity contribution < 1.29 is 0 Å². The second kappa shape index (κ2) is 5.35. The Labute approximate surface area is 143 Å². The van der Waals surface area contributed by atoms with Crippen LogP contribution in [0.15, 0.2) is 34.8 Å². The van der Waals surface area contributed by atoms with Gasteiger partial charge in [0, 0.05) is 10.2 Å². The molecule has 0 saturated carbocycles. The zero-order valence-corrected chi connectivity index (χ0v) is 14.4. The summed E-state index contributed by atoms with van der Waals surface area (Å²) in [4.78, 5) is 3.11. The van der Waals surface area contributed by atoms with Gasteiger partial charge in [0.05, 0.1) is 26.1 Å². The van der Waals surface area contributed by atoms with Crippen LogP contribution in [0.4, 0.5) is 0 Å². The molecule has 0 atom stereocenters. The highest BCUT2D eigenvalue weighted by Crippen LogP contribution is 2.31. The molecule has 0 unspecified atom stereocenters. The van der Waals surface area contributed by atoms with E-state index in [9.17, 15) is 0 Å². The number of aromatic nitrogens is 2. The van der Waals surface area contributed by atoms with Crippen molar-refractivity contribution in [3.05, 3.63) is 54.6 Å². The normalized spacial score (nSPS) is 11.2. The lowest BCUT2D eigenvalue weighted by Gasteiger charge is -2.06. The highest BCUT2D eigenvalue weighted by atomic mass is 79.9. The Kier molecular flexibility index (Phi) is 3.86. The standard InChI is InChI=1S/C13H6BrCl3N2S/c14-7-3-6(1-2-8(7)15)19-12-5-10(17)9(16)4-11(12)18-13(19)20/h1-5H,(H,18,20). The van der Waals surface area contributed by atoms with Crippen LogP contribution >= 0.6 is 63.0 Å². The SMILES string of the molecule is S=c1[nH]c2cc(Cl)c(Cl)cc2n1-c1ccc(Cl)c(Br)c1. The molecule has 102 valence electrons. The quantitative estimate of drug-likeness (QED) is 0.461. The maximum atomic E-state index is 6.09. The van der Waals surface area contributed by atoms with E-state index in [1.807, 2.05) is 16.7 Å². The minimum atomic E-state index is 0.481. The van der Waals surface area contributed by atoms with Gasteiger partial charge in [-0.2, -0.15) is 0 Å². The Bertz CT molecular complexity index is 885. The third-order valence-electron chi connectivity index (χ3n) is 2.89. The van der Waals surface area contributed by atoms with Gasteiger partial charge in [0.2, 0.25) is 0 Å². The molecule has 0 spiro atoms. The summed E-state index contributed by atoms with van der Waals surface area (Å²) in [6.45, 7) is 0. The van der Waals surface area contributed by atoms with Gasteiger partial charge < -0.3 is 4.98 Å². The molecule has 0 aliphatic carbocycles. The zero-order chi connectivity index (χ0) is 14.4. The number of fused-ring (bicyclic) bond motifs is 1. The molecule has 1 aromatic heterocycles. The van der Waals surface area contributed by atoms with Gasteiger partial charge in [-0.05, 0) is 58.5 Å². The number of hydrogen-bond donors (Lipinski definition) is 1. The van der Waals surface area contributed by atoms with Crippen molar-refractivity contribution in [1.82, 2.24) is 9.55 Å². The Morgan fingerprint density at radius 1 is 1.00 bits per heavy atom. The Morgan fingerprint density at radius 2 is 1.70 bits per heavy atom. The minimum absolute atomic E-state index is 0.481. The number of H-pyrrole nitrogens is 1. The predicted molar refractivity (Wildman–Crippen MR) is 91.2 cm³/mol. The maximum absolute atomic E-state index is 6.09. The number of nitrogens with one attached hydrogen (secondary N) is 1. The van der Waals surface area contributed by atoms with Crippen LogP contribution in [0.3, 0.4) is 0 Å². The molecule has 2 nitrogen and oxygen atoms in total. The number of benzene rings is 2. The first-order chi connectivity index (χ1) is 9.47. The van der Waals surface area contributed by atoms with Crippen LogP contribution < -0.4 is 0 Å². The van der Waals surface area contributed by atoms with Gasteiger partial charge >= 0.3 is 0 Å². The Hall–Kier alpha value is -0.520. The molecule has 0 aliphatic rings. The highest BCUT2D eigenvalue weighted by molar-refractivity contribution is 9.10. The molecular weight excluding hydrogens is 402 g/mol. The number of halogens is 4. The highest BCUT2D eigenvalue weighted by Gasteiger charge is 2.10. The fraction of sp³-hybridized carbons (Fsp3) is 0. The van der Waals surface area contributed by atoms with E-state index in [4.69, 9.17) is 47.0 Å². The average Bonchev–Trinajstić information content (AvgIpc) is 2.69. The molecule has 0 amide bonds. The van der Waals surface area contributed by atoms with E-state index in [-0.39, 0.29) is 0 Å². The second-order valence-electron chi connectivity index (χ2n) is 4.15. The molecule has 20 heavy (non-hydrogen) atoms.